The Bertz CT molecular complexity index is 418. The van der Waals surface area contributed by atoms with E-state index in [1.165, 1.54) is 0 Å². The fraction of sp³-hybridized carbons (Fsp3) is 0.364. The highest BCUT2D eigenvalue weighted by atomic mass is 35.5. The summed E-state index contributed by atoms with van der Waals surface area (Å²) in [5.74, 6) is 0.832. The molecule has 0 bridgehead atoms. The van der Waals surface area contributed by atoms with Crippen LogP contribution in [0.3, 0.4) is 0 Å². The molecule has 0 amide bonds. The molecule has 1 unspecified atom stereocenters. The number of rotatable bonds is 2. The van der Waals surface area contributed by atoms with Gasteiger partial charge in [0.1, 0.15) is 0 Å². The standard InChI is InChI=1S/C11H13Cl2N3/c1-7-5-14-11(16-7)15-6-8-2-3-9(12)4-10(8)13/h2-4,7H,5-6H2,1H3,(H2,14,15,16). The summed E-state index contributed by atoms with van der Waals surface area (Å²) in [5, 5.41) is 7.75. The van der Waals surface area contributed by atoms with Gasteiger partial charge in [-0.1, -0.05) is 29.3 Å². The van der Waals surface area contributed by atoms with Crippen LogP contribution in [0.5, 0.6) is 0 Å². The van der Waals surface area contributed by atoms with Crippen molar-refractivity contribution in [3.63, 3.8) is 0 Å². The first-order chi connectivity index (χ1) is 7.65. The molecule has 0 radical (unpaired) electrons. The molecule has 2 N–H and O–H groups in total. The van der Waals surface area contributed by atoms with Crippen LogP contribution in [0.25, 0.3) is 0 Å². The molecule has 3 nitrogen and oxygen atoms in total. The predicted octanol–water partition coefficient (Wildman–Crippen LogP) is 2.43. The Labute approximate surface area is 105 Å². The molecule has 1 atom stereocenters. The fourth-order valence-corrected chi connectivity index (χ4v) is 1.98. The van der Waals surface area contributed by atoms with Crippen molar-refractivity contribution in [1.29, 1.82) is 0 Å². The molecular formula is C11H13Cl2N3. The van der Waals surface area contributed by atoms with Gasteiger partial charge in [0.25, 0.3) is 0 Å². The Morgan fingerprint density at radius 1 is 1.50 bits per heavy atom. The minimum atomic E-state index is 0.406. The molecule has 0 spiro atoms. The lowest BCUT2D eigenvalue weighted by molar-refractivity contribution is 0.713. The summed E-state index contributed by atoms with van der Waals surface area (Å²) >= 11 is 11.9. The average Bonchev–Trinajstić information content (AvgIpc) is 2.63. The van der Waals surface area contributed by atoms with E-state index >= 15 is 0 Å². The van der Waals surface area contributed by atoms with Gasteiger partial charge in [-0.05, 0) is 24.6 Å². The zero-order valence-corrected chi connectivity index (χ0v) is 10.4. The summed E-state index contributed by atoms with van der Waals surface area (Å²) in [7, 11) is 0. The number of nitrogens with zero attached hydrogens (tertiary/aromatic N) is 1. The molecule has 1 aromatic carbocycles. The zero-order valence-electron chi connectivity index (χ0n) is 8.93. The van der Waals surface area contributed by atoms with Crippen LogP contribution in [0.4, 0.5) is 0 Å². The molecule has 16 heavy (non-hydrogen) atoms. The van der Waals surface area contributed by atoms with Crippen LogP contribution in [0, 0.1) is 0 Å². The Morgan fingerprint density at radius 3 is 2.94 bits per heavy atom. The van der Waals surface area contributed by atoms with Crippen LogP contribution in [-0.2, 0) is 6.54 Å². The molecule has 0 saturated carbocycles. The highest BCUT2D eigenvalue weighted by Gasteiger charge is 2.11. The van der Waals surface area contributed by atoms with E-state index in [0.29, 0.717) is 22.6 Å². The first kappa shape index (κ1) is 11.6. The minimum absolute atomic E-state index is 0.406. The average molecular weight is 258 g/mol. The van der Waals surface area contributed by atoms with Crippen molar-refractivity contribution in [2.75, 3.05) is 6.54 Å². The SMILES string of the molecule is CC1CN=C(NCc2ccc(Cl)cc2Cl)N1. The van der Waals surface area contributed by atoms with Crippen molar-refractivity contribution in [2.45, 2.75) is 19.5 Å². The van der Waals surface area contributed by atoms with Gasteiger partial charge >= 0.3 is 0 Å². The van der Waals surface area contributed by atoms with E-state index in [2.05, 4.69) is 22.5 Å². The summed E-state index contributed by atoms with van der Waals surface area (Å²) in [6.07, 6.45) is 0. The summed E-state index contributed by atoms with van der Waals surface area (Å²) in [6, 6.07) is 5.89. The second kappa shape index (κ2) is 4.93. The number of aliphatic imine (C=N–C) groups is 1. The van der Waals surface area contributed by atoms with Crippen LogP contribution in [0.15, 0.2) is 23.2 Å². The molecule has 1 aliphatic rings. The molecule has 0 aliphatic carbocycles. The molecule has 1 aromatic rings. The molecule has 0 aromatic heterocycles. The number of hydrogen-bond donors (Lipinski definition) is 2. The van der Waals surface area contributed by atoms with Gasteiger partial charge in [-0.3, -0.25) is 4.99 Å². The van der Waals surface area contributed by atoms with Crippen molar-refractivity contribution < 1.29 is 0 Å². The number of hydrogen-bond acceptors (Lipinski definition) is 3. The molecule has 86 valence electrons. The summed E-state index contributed by atoms with van der Waals surface area (Å²) in [6.45, 7) is 3.55. The summed E-state index contributed by atoms with van der Waals surface area (Å²) in [5.41, 5.74) is 1.01. The zero-order chi connectivity index (χ0) is 11.5. The number of benzene rings is 1. The van der Waals surface area contributed by atoms with Crippen molar-refractivity contribution in [3.05, 3.63) is 33.8 Å². The van der Waals surface area contributed by atoms with Gasteiger partial charge in [-0.2, -0.15) is 0 Å². The molecule has 2 rings (SSSR count). The van der Waals surface area contributed by atoms with Gasteiger partial charge in [0, 0.05) is 22.6 Å². The van der Waals surface area contributed by atoms with E-state index in [4.69, 9.17) is 23.2 Å². The van der Waals surface area contributed by atoms with E-state index in [1.54, 1.807) is 6.07 Å². The topological polar surface area (TPSA) is 36.4 Å². The number of nitrogens with one attached hydrogen (secondary N) is 2. The molecule has 1 heterocycles. The molecule has 5 heteroatoms. The van der Waals surface area contributed by atoms with Crippen molar-refractivity contribution in [2.24, 2.45) is 4.99 Å². The first-order valence-electron chi connectivity index (χ1n) is 5.14. The van der Waals surface area contributed by atoms with Gasteiger partial charge in [0.2, 0.25) is 0 Å². The van der Waals surface area contributed by atoms with E-state index in [9.17, 15) is 0 Å². The summed E-state index contributed by atoms with van der Waals surface area (Å²) < 4.78 is 0. The highest BCUT2D eigenvalue weighted by Crippen LogP contribution is 2.20. The van der Waals surface area contributed by atoms with Gasteiger partial charge in [-0.15, -0.1) is 0 Å². The lowest BCUT2D eigenvalue weighted by atomic mass is 10.2. The van der Waals surface area contributed by atoms with Crippen molar-refractivity contribution in [3.8, 4) is 0 Å². The third-order valence-electron chi connectivity index (χ3n) is 2.37. The third-order valence-corrected chi connectivity index (χ3v) is 2.95. The maximum atomic E-state index is 6.06. The predicted molar refractivity (Wildman–Crippen MR) is 68.2 cm³/mol. The summed E-state index contributed by atoms with van der Waals surface area (Å²) in [4.78, 5) is 4.30. The molecule has 0 fully saturated rings. The number of guanidine groups is 1. The fourth-order valence-electron chi connectivity index (χ4n) is 1.50. The quantitative estimate of drug-likeness (QED) is 0.854. The monoisotopic (exact) mass is 257 g/mol. The largest absolute Gasteiger partial charge is 0.352 e. The molecule has 1 aliphatic heterocycles. The van der Waals surface area contributed by atoms with Crippen molar-refractivity contribution in [1.82, 2.24) is 10.6 Å². The maximum Gasteiger partial charge on any atom is 0.191 e. The normalized spacial score (nSPS) is 19.2. The first-order valence-corrected chi connectivity index (χ1v) is 5.89. The minimum Gasteiger partial charge on any atom is -0.352 e. The van der Waals surface area contributed by atoms with Crippen LogP contribution in [-0.4, -0.2) is 18.5 Å². The lowest BCUT2D eigenvalue weighted by Gasteiger charge is -2.10. The van der Waals surface area contributed by atoms with Gasteiger partial charge < -0.3 is 10.6 Å². The lowest BCUT2D eigenvalue weighted by Crippen LogP contribution is -2.37. The van der Waals surface area contributed by atoms with E-state index in [-0.39, 0.29) is 0 Å². The highest BCUT2D eigenvalue weighted by molar-refractivity contribution is 6.35. The van der Waals surface area contributed by atoms with Crippen molar-refractivity contribution >= 4 is 29.2 Å². The Morgan fingerprint density at radius 2 is 2.31 bits per heavy atom. The second-order valence-corrected chi connectivity index (χ2v) is 4.67. The van der Waals surface area contributed by atoms with E-state index in [0.717, 1.165) is 18.1 Å². The number of halogens is 2. The second-order valence-electron chi connectivity index (χ2n) is 3.82. The Kier molecular flexibility index (Phi) is 3.56. The molecular weight excluding hydrogens is 245 g/mol. The smallest absolute Gasteiger partial charge is 0.191 e. The van der Waals surface area contributed by atoms with Gasteiger partial charge in [0.05, 0.1) is 6.54 Å². The van der Waals surface area contributed by atoms with Crippen LogP contribution < -0.4 is 10.6 Å². The third kappa shape index (κ3) is 2.80. The van der Waals surface area contributed by atoms with Gasteiger partial charge in [0.15, 0.2) is 5.96 Å². The Hall–Kier alpha value is -0.930. The van der Waals surface area contributed by atoms with Crippen LogP contribution in [0.2, 0.25) is 10.0 Å². The van der Waals surface area contributed by atoms with E-state index < -0.39 is 0 Å². The van der Waals surface area contributed by atoms with Gasteiger partial charge in [-0.25, -0.2) is 0 Å². The maximum absolute atomic E-state index is 6.06. The van der Waals surface area contributed by atoms with Crippen LogP contribution in [0.1, 0.15) is 12.5 Å². The molecule has 0 saturated heterocycles. The van der Waals surface area contributed by atoms with E-state index in [1.807, 2.05) is 12.1 Å². The van der Waals surface area contributed by atoms with Crippen LogP contribution >= 0.6 is 23.2 Å². The Balaban J connectivity index is 1.95.